The van der Waals surface area contributed by atoms with Crippen molar-refractivity contribution in [2.75, 3.05) is 20.1 Å². The standard InChI is InChI=1S/C28H59N/c1-4-6-8-10-12-14-15-16-17-18-20-22-24-26-28-29(3)27-25-23-21-19-13-11-9-7-5-2/h4-28H2,1-3H3. The van der Waals surface area contributed by atoms with Gasteiger partial charge in [-0.2, -0.15) is 0 Å². The molecule has 0 aliphatic heterocycles. The molecule has 0 rings (SSSR count). The summed E-state index contributed by atoms with van der Waals surface area (Å²) in [6.07, 6.45) is 33.4. The van der Waals surface area contributed by atoms with Gasteiger partial charge >= 0.3 is 0 Å². The summed E-state index contributed by atoms with van der Waals surface area (Å²) in [4.78, 5) is 2.57. The van der Waals surface area contributed by atoms with Crippen LogP contribution in [0.4, 0.5) is 0 Å². The maximum atomic E-state index is 2.57. The van der Waals surface area contributed by atoms with Gasteiger partial charge in [0.25, 0.3) is 0 Å². The van der Waals surface area contributed by atoms with E-state index in [1.807, 2.05) is 0 Å². The van der Waals surface area contributed by atoms with Gasteiger partial charge in [-0.15, -0.1) is 0 Å². The summed E-state index contributed by atoms with van der Waals surface area (Å²) >= 11 is 0. The first-order valence-electron chi connectivity index (χ1n) is 14.0. The summed E-state index contributed by atoms with van der Waals surface area (Å²) in [6.45, 7) is 7.23. The summed E-state index contributed by atoms with van der Waals surface area (Å²) in [7, 11) is 2.33. The van der Waals surface area contributed by atoms with Crippen LogP contribution in [0.15, 0.2) is 0 Å². The van der Waals surface area contributed by atoms with Crippen molar-refractivity contribution in [3.63, 3.8) is 0 Å². The van der Waals surface area contributed by atoms with Crippen molar-refractivity contribution >= 4 is 0 Å². The normalized spacial score (nSPS) is 11.6. The van der Waals surface area contributed by atoms with E-state index in [9.17, 15) is 0 Å². The Morgan fingerprint density at radius 1 is 0.310 bits per heavy atom. The molecule has 0 saturated heterocycles. The molecule has 0 aromatic heterocycles. The maximum absolute atomic E-state index is 2.57. The molecular weight excluding hydrogens is 350 g/mol. The minimum atomic E-state index is 1.31. The lowest BCUT2D eigenvalue weighted by Gasteiger charge is -2.16. The van der Waals surface area contributed by atoms with E-state index in [1.165, 1.54) is 161 Å². The van der Waals surface area contributed by atoms with Gasteiger partial charge in [-0.25, -0.2) is 0 Å². The molecule has 0 aromatic carbocycles. The Morgan fingerprint density at radius 2 is 0.517 bits per heavy atom. The van der Waals surface area contributed by atoms with Crippen LogP contribution in [0.25, 0.3) is 0 Å². The second-order valence-corrected chi connectivity index (χ2v) is 9.73. The van der Waals surface area contributed by atoms with Crippen LogP contribution in [0.1, 0.15) is 162 Å². The van der Waals surface area contributed by atoms with E-state index in [0.717, 1.165) is 0 Å². The first-order chi connectivity index (χ1) is 14.3. The van der Waals surface area contributed by atoms with Crippen LogP contribution in [-0.2, 0) is 0 Å². The molecule has 1 heteroatoms. The van der Waals surface area contributed by atoms with Crippen LogP contribution in [0.5, 0.6) is 0 Å². The van der Waals surface area contributed by atoms with Crippen LogP contribution in [0.2, 0.25) is 0 Å². The molecule has 0 bridgehead atoms. The quantitative estimate of drug-likeness (QED) is 0.136. The molecule has 0 aliphatic carbocycles. The fraction of sp³-hybridized carbons (Fsp3) is 1.00. The summed E-state index contributed by atoms with van der Waals surface area (Å²) < 4.78 is 0. The molecule has 0 heterocycles. The van der Waals surface area contributed by atoms with Gasteiger partial charge in [0.15, 0.2) is 0 Å². The molecule has 0 aromatic rings. The molecule has 0 aliphatic rings. The highest BCUT2D eigenvalue weighted by Gasteiger charge is 1.99. The third kappa shape index (κ3) is 25.9. The second kappa shape index (κ2) is 26.0. The van der Waals surface area contributed by atoms with Crippen LogP contribution >= 0.6 is 0 Å². The molecule has 0 fully saturated rings. The van der Waals surface area contributed by atoms with Crippen molar-refractivity contribution in [3.05, 3.63) is 0 Å². The van der Waals surface area contributed by atoms with Gasteiger partial charge < -0.3 is 4.90 Å². The van der Waals surface area contributed by atoms with Crippen LogP contribution in [0, 0.1) is 0 Å². The molecule has 0 N–H and O–H groups in total. The molecule has 0 amide bonds. The Kier molecular flexibility index (Phi) is 26.0. The van der Waals surface area contributed by atoms with Crippen LogP contribution in [-0.4, -0.2) is 25.0 Å². The van der Waals surface area contributed by atoms with Crippen LogP contribution in [0.3, 0.4) is 0 Å². The highest BCUT2D eigenvalue weighted by Crippen LogP contribution is 2.13. The topological polar surface area (TPSA) is 3.24 Å². The van der Waals surface area contributed by atoms with Gasteiger partial charge in [0.05, 0.1) is 0 Å². The van der Waals surface area contributed by atoms with Crippen molar-refractivity contribution in [1.82, 2.24) is 4.90 Å². The monoisotopic (exact) mass is 409 g/mol. The Balaban J connectivity index is 3.12. The van der Waals surface area contributed by atoms with Gasteiger partial charge in [-0.3, -0.25) is 0 Å². The predicted molar refractivity (Wildman–Crippen MR) is 135 cm³/mol. The van der Waals surface area contributed by atoms with E-state index in [2.05, 4.69) is 25.8 Å². The zero-order chi connectivity index (χ0) is 21.3. The Hall–Kier alpha value is -0.0400. The summed E-state index contributed by atoms with van der Waals surface area (Å²) in [5.74, 6) is 0. The molecule has 0 radical (unpaired) electrons. The molecule has 1 nitrogen and oxygen atoms in total. The molecule has 0 unspecified atom stereocenters. The molecular formula is C28H59N. The van der Waals surface area contributed by atoms with Gasteiger partial charge in [0, 0.05) is 0 Å². The third-order valence-corrected chi connectivity index (χ3v) is 6.54. The number of rotatable bonds is 25. The van der Waals surface area contributed by atoms with E-state index in [1.54, 1.807) is 0 Å². The van der Waals surface area contributed by atoms with E-state index >= 15 is 0 Å². The number of hydrogen-bond donors (Lipinski definition) is 0. The van der Waals surface area contributed by atoms with Gasteiger partial charge in [-0.05, 0) is 33.0 Å². The number of hydrogen-bond acceptors (Lipinski definition) is 1. The minimum absolute atomic E-state index is 1.31. The van der Waals surface area contributed by atoms with Gasteiger partial charge in [-0.1, -0.05) is 149 Å². The molecule has 0 atom stereocenters. The average Bonchev–Trinajstić information content (AvgIpc) is 2.72. The summed E-state index contributed by atoms with van der Waals surface area (Å²) in [5.41, 5.74) is 0. The molecule has 0 saturated carbocycles. The van der Waals surface area contributed by atoms with Crippen molar-refractivity contribution in [1.29, 1.82) is 0 Å². The first-order valence-corrected chi connectivity index (χ1v) is 14.0. The Labute approximate surface area is 186 Å². The zero-order valence-corrected chi connectivity index (χ0v) is 21.1. The van der Waals surface area contributed by atoms with Crippen molar-refractivity contribution in [2.45, 2.75) is 162 Å². The highest BCUT2D eigenvalue weighted by atomic mass is 15.1. The minimum Gasteiger partial charge on any atom is -0.306 e. The van der Waals surface area contributed by atoms with E-state index in [4.69, 9.17) is 0 Å². The zero-order valence-electron chi connectivity index (χ0n) is 21.1. The van der Waals surface area contributed by atoms with Gasteiger partial charge in [0.2, 0.25) is 0 Å². The third-order valence-electron chi connectivity index (χ3n) is 6.54. The van der Waals surface area contributed by atoms with Crippen molar-refractivity contribution in [3.8, 4) is 0 Å². The molecule has 0 spiro atoms. The Bertz CT molecular complexity index is 275. The summed E-state index contributed by atoms with van der Waals surface area (Å²) in [5, 5.41) is 0. The lowest BCUT2D eigenvalue weighted by atomic mass is 10.0. The van der Waals surface area contributed by atoms with Gasteiger partial charge in [0.1, 0.15) is 0 Å². The SMILES string of the molecule is CCCCCCCCCCCCCCCCN(C)CCCCCCCCCCC. The summed E-state index contributed by atoms with van der Waals surface area (Å²) in [6, 6.07) is 0. The van der Waals surface area contributed by atoms with Crippen molar-refractivity contribution < 1.29 is 0 Å². The molecule has 176 valence electrons. The largest absolute Gasteiger partial charge is 0.306 e. The molecule has 29 heavy (non-hydrogen) atoms. The first kappa shape index (κ1) is 29.0. The van der Waals surface area contributed by atoms with E-state index in [-0.39, 0.29) is 0 Å². The van der Waals surface area contributed by atoms with Crippen molar-refractivity contribution in [2.24, 2.45) is 0 Å². The average molecular weight is 410 g/mol. The fourth-order valence-electron chi connectivity index (χ4n) is 4.38. The fourth-order valence-corrected chi connectivity index (χ4v) is 4.38. The number of unbranched alkanes of at least 4 members (excludes halogenated alkanes) is 21. The second-order valence-electron chi connectivity index (χ2n) is 9.73. The smallest absolute Gasteiger partial charge is 0.00218 e. The lowest BCUT2D eigenvalue weighted by Crippen LogP contribution is -2.20. The van der Waals surface area contributed by atoms with Crippen LogP contribution < -0.4 is 0 Å². The highest BCUT2D eigenvalue weighted by molar-refractivity contribution is 4.55. The predicted octanol–water partition coefficient (Wildman–Crippen LogP) is 9.93. The Morgan fingerprint density at radius 3 is 0.759 bits per heavy atom. The number of nitrogens with zero attached hydrogens (tertiary/aromatic N) is 1. The maximum Gasteiger partial charge on any atom is -0.00218 e. The van der Waals surface area contributed by atoms with E-state index < -0.39 is 0 Å². The van der Waals surface area contributed by atoms with E-state index in [0.29, 0.717) is 0 Å². The lowest BCUT2D eigenvalue weighted by molar-refractivity contribution is 0.314.